The van der Waals surface area contributed by atoms with E-state index in [0.29, 0.717) is 19.0 Å². The zero-order valence-electron chi connectivity index (χ0n) is 8.97. The Morgan fingerprint density at radius 1 is 1.46 bits per heavy atom. The number of amides is 1. The summed E-state index contributed by atoms with van der Waals surface area (Å²) in [7, 11) is 0. The third kappa shape index (κ3) is 4.88. The van der Waals surface area contributed by atoms with E-state index in [2.05, 4.69) is 26.1 Å². The lowest BCUT2D eigenvalue weighted by Gasteiger charge is -2.19. The molecule has 0 aromatic rings. The topological polar surface area (TPSA) is 55.1 Å². The van der Waals surface area contributed by atoms with Crippen molar-refractivity contribution in [3.05, 3.63) is 0 Å². The highest BCUT2D eigenvalue weighted by molar-refractivity contribution is 5.78. The standard InChI is InChI=1S/C10H22N2O/c1-4-5-9(8(2)3)10(13)12-7-6-11/h8-9H,4-7,11H2,1-3H3,(H,12,13)/t9-/m1/s1. The molecule has 0 aromatic carbocycles. The lowest BCUT2D eigenvalue weighted by molar-refractivity contribution is -0.126. The van der Waals surface area contributed by atoms with Crippen molar-refractivity contribution in [3.63, 3.8) is 0 Å². The zero-order chi connectivity index (χ0) is 10.3. The van der Waals surface area contributed by atoms with Crippen LogP contribution in [-0.4, -0.2) is 19.0 Å². The fourth-order valence-corrected chi connectivity index (χ4v) is 1.40. The van der Waals surface area contributed by atoms with Gasteiger partial charge < -0.3 is 11.1 Å². The van der Waals surface area contributed by atoms with Gasteiger partial charge in [-0.3, -0.25) is 4.79 Å². The van der Waals surface area contributed by atoms with Crippen molar-refractivity contribution in [1.29, 1.82) is 0 Å². The predicted molar refractivity (Wildman–Crippen MR) is 55.3 cm³/mol. The molecule has 0 bridgehead atoms. The molecule has 0 aromatic heterocycles. The molecule has 13 heavy (non-hydrogen) atoms. The Labute approximate surface area is 81.1 Å². The first kappa shape index (κ1) is 12.4. The van der Waals surface area contributed by atoms with Crippen LogP contribution in [0.5, 0.6) is 0 Å². The Hall–Kier alpha value is -0.570. The zero-order valence-corrected chi connectivity index (χ0v) is 8.97. The molecule has 0 rings (SSSR count). The predicted octanol–water partition coefficient (Wildman–Crippen LogP) is 1.13. The van der Waals surface area contributed by atoms with Crippen LogP contribution in [0.15, 0.2) is 0 Å². The van der Waals surface area contributed by atoms with Crippen molar-refractivity contribution in [1.82, 2.24) is 5.32 Å². The minimum absolute atomic E-state index is 0.150. The van der Waals surface area contributed by atoms with E-state index in [0.717, 1.165) is 12.8 Å². The molecular weight excluding hydrogens is 164 g/mol. The fraction of sp³-hybridized carbons (Fsp3) is 0.900. The van der Waals surface area contributed by atoms with Gasteiger partial charge in [0.25, 0.3) is 0 Å². The SMILES string of the molecule is CCC[C@@H](C(=O)NCCN)C(C)C. The summed E-state index contributed by atoms with van der Waals surface area (Å²) < 4.78 is 0. The van der Waals surface area contributed by atoms with Crippen molar-refractivity contribution < 1.29 is 4.79 Å². The Morgan fingerprint density at radius 3 is 2.46 bits per heavy atom. The van der Waals surface area contributed by atoms with E-state index in [1.54, 1.807) is 0 Å². The van der Waals surface area contributed by atoms with E-state index in [1.807, 2.05) is 0 Å². The highest BCUT2D eigenvalue weighted by Gasteiger charge is 2.20. The molecule has 3 nitrogen and oxygen atoms in total. The maximum atomic E-state index is 11.6. The van der Waals surface area contributed by atoms with Gasteiger partial charge in [0.1, 0.15) is 0 Å². The van der Waals surface area contributed by atoms with Crippen molar-refractivity contribution in [2.75, 3.05) is 13.1 Å². The van der Waals surface area contributed by atoms with Crippen LogP contribution in [0.2, 0.25) is 0 Å². The summed E-state index contributed by atoms with van der Waals surface area (Å²) in [6.45, 7) is 7.38. The molecule has 0 radical (unpaired) electrons. The Morgan fingerprint density at radius 2 is 2.08 bits per heavy atom. The second-order valence-corrected chi connectivity index (χ2v) is 3.72. The van der Waals surface area contributed by atoms with Crippen LogP contribution in [-0.2, 0) is 4.79 Å². The van der Waals surface area contributed by atoms with E-state index in [9.17, 15) is 4.79 Å². The highest BCUT2D eigenvalue weighted by Crippen LogP contribution is 2.16. The largest absolute Gasteiger partial charge is 0.355 e. The van der Waals surface area contributed by atoms with Crippen molar-refractivity contribution >= 4 is 5.91 Å². The molecule has 0 spiro atoms. The molecule has 3 heteroatoms. The van der Waals surface area contributed by atoms with Gasteiger partial charge in [0.15, 0.2) is 0 Å². The number of nitrogens with one attached hydrogen (secondary N) is 1. The summed E-state index contributed by atoms with van der Waals surface area (Å²) >= 11 is 0. The van der Waals surface area contributed by atoms with Crippen LogP contribution in [0.4, 0.5) is 0 Å². The van der Waals surface area contributed by atoms with E-state index < -0.39 is 0 Å². The number of carbonyl (C=O) groups is 1. The first-order chi connectivity index (χ1) is 6.13. The highest BCUT2D eigenvalue weighted by atomic mass is 16.1. The van der Waals surface area contributed by atoms with Gasteiger partial charge in [-0.05, 0) is 12.3 Å². The summed E-state index contributed by atoms with van der Waals surface area (Å²) in [5.74, 6) is 0.719. The van der Waals surface area contributed by atoms with Gasteiger partial charge in [0, 0.05) is 19.0 Å². The molecule has 1 amide bonds. The quantitative estimate of drug-likeness (QED) is 0.653. The number of rotatable bonds is 6. The van der Waals surface area contributed by atoms with Gasteiger partial charge in [0.2, 0.25) is 5.91 Å². The number of hydrogen-bond donors (Lipinski definition) is 2. The molecule has 1 atom stereocenters. The first-order valence-corrected chi connectivity index (χ1v) is 5.11. The molecule has 0 saturated heterocycles. The third-order valence-corrected chi connectivity index (χ3v) is 2.18. The monoisotopic (exact) mass is 186 g/mol. The van der Waals surface area contributed by atoms with E-state index in [-0.39, 0.29) is 11.8 Å². The van der Waals surface area contributed by atoms with Crippen LogP contribution >= 0.6 is 0 Å². The Bertz CT molecular complexity index is 146. The van der Waals surface area contributed by atoms with Gasteiger partial charge in [-0.25, -0.2) is 0 Å². The summed E-state index contributed by atoms with van der Waals surface area (Å²) in [4.78, 5) is 11.6. The van der Waals surface area contributed by atoms with Gasteiger partial charge in [-0.15, -0.1) is 0 Å². The molecule has 0 aliphatic carbocycles. The number of carbonyl (C=O) groups excluding carboxylic acids is 1. The molecular formula is C10H22N2O. The smallest absolute Gasteiger partial charge is 0.223 e. The summed E-state index contributed by atoms with van der Waals surface area (Å²) in [5, 5.41) is 2.83. The summed E-state index contributed by atoms with van der Waals surface area (Å²) in [6, 6.07) is 0. The minimum atomic E-state index is 0.150. The lowest BCUT2D eigenvalue weighted by atomic mass is 9.90. The summed E-state index contributed by atoms with van der Waals surface area (Å²) in [6.07, 6.45) is 2.02. The number of nitrogens with two attached hydrogens (primary N) is 1. The molecule has 0 saturated carbocycles. The molecule has 0 aliphatic rings. The number of hydrogen-bond acceptors (Lipinski definition) is 2. The second-order valence-electron chi connectivity index (χ2n) is 3.72. The van der Waals surface area contributed by atoms with Gasteiger partial charge >= 0.3 is 0 Å². The fourth-order valence-electron chi connectivity index (χ4n) is 1.40. The van der Waals surface area contributed by atoms with Crippen molar-refractivity contribution in [2.45, 2.75) is 33.6 Å². The molecule has 0 unspecified atom stereocenters. The van der Waals surface area contributed by atoms with Gasteiger partial charge in [0.05, 0.1) is 0 Å². The second kappa shape index (κ2) is 6.89. The van der Waals surface area contributed by atoms with Crippen molar-refractivity contribution in [2.24, 2.45) is 17.6 Å². The van der Waals surface area contributed by atoms with E-state index in [1.165, 1.54) is 0 Å². The van der Waals surface area contributed by atoms with Crippen LogP contribution in [0.1, 0.15) is 33.6 Å². The van der Waals surface area contributed by atoms with Crippen LogP contribution < -0.4 is 11.1 Å². The van der Waals surface area contributed by atoms with Crippen LogP contribution in [0, 0.1) is 11.8 Å². The molecule has 0 aliphatic heterocycles. The molecule has 0 fully saturated rings. The van der Waals surface area contributed by atoms with Crippen molar-refractivity contribution in [3.8, 4) is 0 Å². The molecule has 3 N–H and O–H groups in total. The average Bonchev–Trinajstić information content (AvgIpc) is 2.09. The van der Waals surface area contributed by atoms with E-state index >= 15 is 0 Å². The lowest BCUT2D eigenvalue weighted by Crippen LogP contribution is -2.36. The van der Waals surface area contributed by atoms with Gasteiger partial charge in [-0.1, -0.05) is 27.2 Å². The minimum Gasteiger partial charge on any atom is -0.355 e. The Kier molecular flexibility index (Phi) is 6.59. The maximum Gasteiger partial charge on any atom is 0.223 e. The van der Waals surface area contributed by atoms with Crippen LogP contribution in [0.3, 0.4) is 0 Å². The average molecular weight is 186 g/mol. The van der Waals surface area contributed by atoms with Crippen LogP contribution in [0.25, 0.3) is 0 Å². The first-order valence-electron chi connectivity index (χ1n) is 5.11. The van der Waals surface area contributed by atoms with E-state index in [4.69, 9.17) is 5.73 Å². The molecule has 0 heterocycles. The summed E-state index contributed by atoms with van der Waals surface area (Å²) in [5.41, 5.74) is 5.31. The molecule has 78 valence electrons. The maximum absolute atomic E-state index is 11.6. The van der Waals surface area contributed by atoms with Gasteiger partial charge in [-0.2, -0.15) is 0 Å². The Balaban J connectivity index is 3.96. The third-order valence-electron chi connectivity index (χ3n) is 2.18. The normalized spacial score (nSPS) is 13.0.